The highest BCUT2D eigenvalue weighted by molar-refractivity contribution is 7.92. The third-order valence-electron chi connectivity index (χ3n) is 4.05. The SMILES string of the molecule is CCCCCCn1ncc(NC[C@H]2COCCS2(=O)=O)c(Cl)c1=O. The smallest absolute Gasteiger partial charge is 0.287 e. The second-order valence-electron chi connectivity index (χ2n) is 5.91. The van der Waals surface area contributed by atoms with Crippen LogP contribution in [0.5, 0.6) is 0 Å². The van der Waals surface area contributed by atoms with Crippen molar-refractivity contribution in [3.63, 3.8) is 0 Å². The first-order chi connectivity index (χ1) is 11.5. The molecular formula is C15H24ClN3O4S. The Labute approximate surface area is 147 Å². The molecular weight excluding hydrogens is 354 g/mol. The maximum atomic E-state index is 12.2. The monoisotopic (exact) mass is 377 g/mol. The normalized spacial score (nSPS) is 20.0. The zero-order valence-electron chi connectivity index (χ0n) is 13.8. The van der Waals surface area contributed by atoms with Crippen LogP contribution in [0.1, 0.15) is 32.6 Å². The molecule has 136 valence electrons. The Bertz CT molecular complexity index is 705. The highest BCUT2D eigenvalue weighted by atomic mass is 35.5. The van der Waals surface area contributed by atoms with Gasteiger partial charge in [-0.1, -0.05) is 37.8 Å². The van der Waals surface area contributed by atoms with Crippen molar-refractivity contribution in [2.24, 2.45) is 0 Å². The summed E-state index contributed by atoms with van der Waals surface area (Å²) in [5, 5.41) is 6.43. The van der Waals surface area contributed by atoms with Crippen LogP contribution in [-0.4, -0.2) is 49.0 Å². The molecule has 1 fully saturated rings. The highest BCUT2D eigenvalue weighted by Gasteiger charge is 2.29. The number of aromatic nitrogens is 2. The van der Waals surface area contributed by atoms with E-state index in [0.29, 0.717) is 12.2 Å². The van der Waals surface area contributed by atoms with Gasteiger partial charge in [-0.15, -0.1) is 0 Å². The molecule has 2 rings (SSSR count). The molecule has 0 amide bonds. The Balaban J connectivity index is 1.99. The van der Waals surface area contributed by atoms with Crippen molar-refractivity contribution in [2.45, 2.75) is 44.4 Å². The molecule has 1 aromatic rings. The van der Waals surface area contributed by atoms with Crippen molar-refractivity contribution in [3.05, 3.63) is 21.6 Å². The molecule has 1 aliphatic heterocycles. The van der Waals surface area contributed by atoms with E-state index in [9.17, 15) is 13.2 Å². The maximum absolute atomic E-state index is 12.2. The van der Waals surface area contributed by atoms with Gasteiger partial charge < -0.3 is 10.1 Å². The first kappa shape index (κ1) is 19.2. The molecule has 1 aromatic heterocycles. The van der Waals surface area contributed by atoms with Crippen molar-refractivity contribution in [3.8, 4) is 0 Å². The van der Waals surface area contributed by atoms with Gasteiger partial charge in [-0.05, 0) is 6.42 Å². The molecule has 1 N–H and O–H groups in total. The molecule has 0 bridgehead atoms. The van der Waals surface area contributed by atoms with Crippen LogP contribution in [0.2, 0.25) is 5.02 Å². The molecule has 7 nitrogen and oxygen atoms in total. The van der Waals surface area contributed by atoms with Crippen LogP contribution in [0.15, 0.2) is 11.0 Å². The maximum Gasteiger partial charge on any atom is 0.287 e. The van der Waals surface area contributed by atoms with Gasteiger partial charge in [0.1, 0.15) is 10.3 Å². The fraction of sp³-hybridized carbons (Fsp3) is 0.733. The molecule has 0 radical (unpaired) electrons. The Kier molecular flexibility index (Phi) is 7.06. The predicted molar refractivity (Wildman–Crippen MR) is 94.5 cm³/mol. The van der Waals surface area contributed by atoms with Gasteiger partial charge in [0.25, 0.3) is 5.56 Å². The first-order valence-corrected chi connectivity index (χ1v) is 10.3. The summed E-state index contributed by atoms with van der Waals surface area (Å²) in [4.78, 5) is 12.2. The van der Waals surface area contributed by atoms with Gasteiger partial charge in [-0.3, -0.25) is 4.79 Å². The van der Waals surface area contributed by atoms with Crippen molar-refractivity contribution in [1.82, 2.24) is 9.78 Å². The van der Waals surface area contributed by atoms with E-state index in [-0.39, 0.29) is 36.1 Å². The van der Waals surface area contributed by atoms with E-state index in [2.05, 4.69) is 17.3 Å². The Morgan fingerprint density at radius 2 is 2.21 bits per heavy atom. The fourth-order valence-electron chi connectivity index (χ4n) is 2.51. The number of nitrogens with zero attached hydrogens (tertiary/aromatic N) is 2. The number of halogens is 1. The lowest BCUT2D eigenvalue weighted by atomic mass is 10.2. The second-order valence-corrected chi connectivity index (χ2v) is 8.68. The summed E-state index contributed by atoms with van der Waals surface area (Å²) >= 11 is 6.11. The molecule has 1 saturated heterocycles. The number of rotatable bonds is 8. The number of hydrogen-bond acceptors (Lipinski definition) is 6. The van der Waals surface area contributed by atoms with Gasteiger partial charge in [0, 0.05) is 13.1 Å². The summed E-state index contributed by atoms with van der Waals surface area (Å²) < 4.78 is 30.5. The summed E-state index contributed by atoms with van der Waals surface area (Å²) in [5.41, 5.74) is -0.00633. The number of nitrogens with one attached hydrogen (secondary N) is 1. The van der Waals surface area contributed by atoms with Gasteiger partial charge in [0.05, 0.1) is 30.9 Å². The van der Waals surface area contributed by atoms with Gasteiger partial charge in [0.2, 0.25) is 0 Å². The van der Waals surface area contributed by atoms with Crippen LogP contribution in [0.25, 0.3) is 0 Å². The quantitative estimate of drug-likeness (QED) is 0.693. The minimum Gasteiger partial charge on any atom is -0.381 e. The van der Waals surface area contributed by atoms with E-state index in [0.717, 1.165) is 25.7 Å². The van der Waals surface area contributed by atoms with Gasteiger partial charge in [0.15, 0.2) is 9.84 Å². The summed E-state index contributed by atoms with van der Waals surface area (Å²) in [6.07, 6.45) is 5.64. The van der Waals surface area contributed by atoms with E-state index >= 15 is 0 Å². The number of ether oxygens (including phenoxy) is 1. The lowest BCUT2D eigenvalue weighted by Gasteiger charge is -2.23. The van der Waals surface area contributed by atoms with Gasteiger partial charge in [-0.2, -0.15) is 5.10 Å². The van der Waals surface area contributed by atoms with Crippen LogP contribution in [-0.2, 0) is 21.1 Å². The van der Waals surface area contributed by atoms with Gasteiger partial charge >= 0.3 is 0 Å². The lowest BCUT2D eigenvalue weighted by molar-refractivity contribution is 0.140. The summed E-state index contributed by atoms with van der Waals surface area (Å²) in [6, 6.07) is 0. The standard InChI is InChI=1S/C15H24ClN3O4S/c1-2-3-4-5-6-19-15(20)14(16)13(10-18-19)17-9-12-11-23-7-8-24(12,21)22/h10,12,17H,2-9,11H2,1H3/t12-/m0/s1. The fourth-order valence-corrected chi connectivity index (χ4v) is 4.04. The van der Waals surface area contributed by atoms with E-state index in [1.54, 1.807) is 0 Å². The van der Waals surface area contributed by atoms with Crippen LogP contribution in [0, 0.1) is 0 Å². The average molecular weight is 378 g/mol. The molecule has 0 spiro atoms. The summed E-state index contributed by atoms with van der Waals surface area (Å²) in [6.45, 7) is 3.18. The Morgan fingerprint density at radius 3 is 2.92 bits per heavy atom. The third kappa shape index (κ3) is 4.94. The molecule has 0 aromatic carbocycles. The van der Waals surface area contributed by atoms with Crippen molar-refractivity contribution < 1.29 is 13.2 Å². The van der Waals surface area contributed by atoms with Crippen LogP contribution in [0.3, 0.4) is 0 Å². The largest absolute Gasteiger partial charge is 0.381 e. The molecule has 9 heteroatoms. The lowest BCUT2D eigenvalue weighted by Crippen LogP contribution is -2.40. The molecule has 24 heavy (non-hydrogen) atoms. The Hall–Kier alpha value is -1.12. The van der Waals surface area contributed by atoms with Crippen molar-refractivity contribution >= 4 is 27.1 Å². The molecule has 1 atom stereocenters. The zero-order chi connectivity index (χ0) is 17.6. The second kappa shape index (κ2) is 8.82. The van der Waals surface area contributed by atoms with E-state index in [1.165, 1.54) is 10.9 Å². The summed E-state index contributed by atoms with van der Waals surface area (Å²) in [7, 11) is -3.18. The minimum absolute atomic E-state index is 0.0185. The summed E-state index contributed by atoms with van der Waals surface area (Å²) in [5.74, 6) is 0.0185. The Morgan fingerprint density at radius 1 is 1.42 bits per heavy atom. The number of hydrogen-bond donors (Lipinski definition) is 1. The zero-order valence-corrected chi connectivity index (χ0v) is 15.4. The minimum atomic E-state index is -3.18. The van der Waals surface area contributed by atoms with Crippen molar-refractivity contribution in [2.75, 3.05) is 30.8 Å². The number of anilines is 1. The average Bonchev–Trinajstić information content (AvgIpc) is 2.55. The molecule has 0 saturated carbocycles. The van der Waals surface area contributed by atoms with E-state index < -0.39 is 15.1 Å². The van der Waals surface area contributed by atoms with Crippen LogP contribution in [0.4, 0.5) is 5.69 Å². The first-order valence-electron chi connectivity index (χ1n) is 8.24. The number of sulfone groups is 1. The topological polar surface area (TPSA) is 90.3 Å². The van der Waals surface area contributed by atoms with E-state index in [1.807, 2.05) is 0 Å². The molecule has 0 aliphatic carbocycles. The molecule has 0 unspecified atom stereocenters. The molecule has 2 heterocycles. The van der Waals surface area contributed by atoms with Crippen molar-refractivity contribution in [1.29, 1.82) is 0 Å². The van der Waals surface area contributed by atoms with Crippen LogP contribution < -0.4 is 10.9 Å². The van der Waals surface area contributed by atoms with Crippen LogP contribution >= 0.6 is 11.6 Å². The number of unbranched alkanes of at least 4 members (excludes halogenated alkanes) is 3. The van der Waals surface area contributed by atoms with Gasteiger partial charge in [-0.25, -0.2) is 13.1 Å². The predicted octanol–water partition coefficient (Wildman–Crippen LogP) is 1.70. The number of aryl methyl sites for hydroxylation is 1. The van der Waals surface area contributed by atoms with E-state index in [4.69, 9.17) is 16.3 Å². The third-order valence-corrected chi connectivity index (χ3v) is 6.47. The highest BCUT2D eigenvalue weighted by Crippen LogP contribution is 2.17. The molecule has 1 aliphatic rings.